The molecule has 0 aromatic carbocycles. The smallest absolute Gasteiger partial charge is 0.321 e. The first-order chi connectivity index (χ1) is 6.93. The molecule has 0 amide bonds. The van der Waals surface area contributed by atoms with Crippen molar-refractivity contribution in [2.24, 2.45) is 0 Å². The number of rotatable bonds is 4. The van der Waals surface area contributed by atoms with Crippen LogP contribution in [0.3, 0.4) is 0 Å². The Balaban J connectivity index is 2.87. The highest BCUT2D eigenvalue weighted by molar-refractivity contribution is 7.91. The van der Waals surface area contributed by atoms with E-state index in [9.17, 15) is 13.2 Å². The van der Waals surface area contributed by atoms with Crippen molar-refractivity contribution < 1.29 is 18.3 Å². The lowest BCUT2D eigenvalue weighted by molar-refractivity contribution is -0.136. The highest BCUT2D eigenvalue weighted by Crippen LogP contribution is 2.10. The summed E-state index contributed by atoms with van der Waals surface area (Å²) in [7, 11) is -3.65. The van der Waals surface area contributed by atoms with Crippen LogP contribution in [-0.4, -0.2) is 29.7 Å². The first-order valence-corrected chi connectivity index (χ1v) is 5.98. The topological polar surface area (TPSA) is 84.3 Å². The normalized spacial score (nSPS) is 13.4. The van der Waals surface area contributed by atoms with Crippen molar-refractivity contribution in [2.45, 2.75) is 17.9 Å². The van der Waals surface area contributed by atoms with Gasteiger partial charge in [-0.1, -0.05) is 6.07 Å². The van der Waals surface area contributed by atoms with E-state index in [1.54, 1.807) is 12.1 Å². The van der Waals surface area contributed by atoms with Gasteiger partial charge in [0.25, 0.3) is 0 Å². The molecule has 0 saturated carbocycles. The third kappa shape index (κ3) is 3.02. The van der Waals surface area contributed by atoms with E-state index in [-0.39, 0.29) is 5.75 Å². The predicted molar refractivity (Wildman–Crippen MR) is 54.0 cm³/mol. The fraction of sp³-hybridized carbons (Fsp3) is 0.333. The Morgan fingerprint density at radius 3 is 2.73 bits per heavy atom. The molecule has 1 aromatic rings. The van der Waals surface area contributed by atoms with Crippen LogP contribution >= 0.6 is 0 Å². The fourth-order valence-corrected chi connectivity index (χ4v) is 2.19. The van der Waals surface area contributed by atoms with Gasteiger partial charge in [0.2, 0.25) is 0 Å². The summed E-state index contributed by atoms with van der Waals surface area (Å²) in [6, 6.07) is 3.20. The summed E-state index contributed by atoms with van der Waals surface area (Å²) in [5.41, 5.74) is 0.491. The quantitative estimate of drug-likeness (QED) is 0.811. The molecular formula is C9H11NO4S. The maximum absolute atomic E-state index is 11.5. The number of pyridine rings is 1. The molecule has 82 valence electrons. The number of aromatic nitrogens is 1. The standard InChI is InChI=1S/C9H11NO4S/c1-7(9(11)12)15(13,14)6-8-3-2-4-10-5-8/h2-5,7H,6H2,1H3,(H,11,12). The zero-order valence-corrected chi connectivity index (χ0v) is 8.94. The molecule has 1 unspecified atom stereocenters. The Bertz CT molecular complexity index is 440. The molecule has 1 aromatic heterocycles. The first kappa shape index (κ1) is 11.6. The van der Waals surface area contributed by atoms with E-state index >= 15 is 0 Å². The second-order valence-electron chi connectivity index (χ2n) is 3.15. The zero-order valence-electron chi connectivity index (χ0n) is 8.12. The molecule has 6 heteroatoms. The number of carbonyl (C=O) groups is 1. The number of aliphatic carboxylic acids is 1. The maximum atomic E-state index is 11.5. The van der Waals surface area contributed by atoms with Crippen molar-refractivity contribution in [1.29, 1.82) is 0 Å². The Hall–Kier alpha value is -1.43. The van der Waals surface area contributed by atoms with Crippen molar-refractivity contribution in [3.05, 3.63) is 30.1 Å². The van der Waals surface area contributed by atoms with Crippen LogP contribution in [0.4, 0.5) is 0 Å². The van der Waals surface area contributed by atoms with Crippen molar-refractivity contribution in [3.63, 3.8) is 0 Å². The average Bonchev–Trinajstić information content (AvgIpc) is 2.17. The molecule has 0 aliphatic heterocycles. The van der Waals surface area contributed by atoms with Crippen LogP contribution in [-0.2, 0) is 20.4 Å². The van der Waals surface area contributed by atoms with Crippen molar-refractivity contribution in [3.8, 4) is 0 Å². The summed E-state index contributed by atoms with van der Waals surface area (Å²) in [4.78, 5) is 14.3. The molecular weight excluding hydrogens is 218 g/mol. The van der Waals surface area contributed by atoms with Gasteiger partial charge in [0.05, 0.1) is 5.75 Å². The predicted octanol–water partition coefficient (Wildman–Crippen LogP) is 0.469. The minimum atomic E-state index is -3.65. The number of nitrogens with zero attached hydrogens (tertiary/aromatic N) is 1. The number of carboxylic acid groups (broad SMARTS) is 1. The Morgan fingerprint density at radius 2 is 2.27 bits per heavy atom. The van der Waals surface area contributed by atoms with Crippen LogP contribution in [0, 0.1) is 0 Å². The van der Waals surface area contributed by atoms with Crippen LogP contribution in [0.5, 0.6) is 0 Å². The Labute approximate surface area is 87.7 Å². The maximum Gasteiger partial charge on any atom is 0.321 e. The average molecular weight is 229 g/mol. The minimum absolute atomic E-state index is 0.297. The summed E-state index contributed by atoms with van der Waals surface area (Å²) in [5.74, 6) is -1.63. The number of sulfone groups is 1. The van der Waals surface area contributed by atoms with Gasteiger partial charge in [-0.05, 0) is 18.6 Å². The van der Waals surface area contributed by atoms with E-state index in [2.05, 4.69) is 4.98 Å². The molecule has 0 radical (unpaired) electrons. The monoisotopic (exact) mass is 229 g/mol. The molecule has 1 atom stereocenters. The molecule has 0 spiro atoms. The van der Waals surface area contributed by atoms with E-state index in [0.29, 0.717) is 5.56 Å². The molecule has 0 bridgehead atoms. The molecule has 1 heterocycles. The lowest BCUT2D eigenvalue weighted by Crippen LogP contribution is -2.28. The van der Waals surface area contributed by atoms with Crippen LogP contribution in [0.25, 0.3) is 0 Å². The second kappa shape index (κ2) is 4.39. The summed E-state index contributed by atoms with van der Waals surface area (Å²) < 4.78 is 23.1. The number of carboxylic acids is 1. The van der Waals surface area contributed by atoms with Gasteiger partial charge in [0.1, 0.15) is 0 Å². The van der Waals surface area contributed by atoms with Gasteiger partial charge in [-0.2, -0.15) is 0 Å². The van der Waals surface area contributed by atoms with Gasteiger partial charge in [-0.3, -0.25) is 9.78 Å². The Kier molecular flexibility index (Phi) is 3.41. The molecule has 5 nitrogen and oxygen atoms in total. The molecule has 0 fully saturated rings. The molecule has 0 aliphatic rings. The lowest BCUT2D eigenvalue weighted by atomic mass is 10.3. The molecule has 1 rings (SSSR count). The molecule has 1 N–H and O–H groups in total. The van der Waals surface area contributed by atoms with E-state index in [4.69, 9.17) is 5.11 Å². The molecule has 0 saturated heterocycles. The van der Waals surface area contributed by atoms with Gasteiger partial charge in [-0.15, -0.1) is 0 Å². The number of hydrogen-bond donors (Lipinski definition) is 1. The zero-order chi connectivity index (χ0) is 11.5. The van der Waals surface area contributed by atoms with E-state index in [1.807, 2.05) is 0 Å². The van der Waals surface area contributed by atoms with Crippen LogP contribution in [0.1, 0.15) is 12.5 Å². The summed E-state index contributed by atoms with van der Waals surface area (Å²) >= 11 is 0. The van der Waals surface area contributed by atoms with Crippen LogP contribution < -0.4 is 0 Å². The Morgan fingerprint density at radius 1 is 1.60 bits per heavy atom. The highest BCUT2D eigenvalue weighted by Gasteiger charge is 2.27. The summed E-state index contributed by atoms with van der Waals surface area (Å²) in [5, 5.41) is 7.21. The lowest BCUT2D eigenvalue weighted by Gasteiger charge is -2.07. The van der Waals surface area contributed by atoms with Crippen molar-refractivity contribution >= 4 is 15.8 Å². The van der Waals surface area contributed by atoms with E-state index in [1.165, 1.54) is 12.4 Å². The van der Waals surface area contributed by atoms with Gasteiger partial charge >= 0.3 is 5.97 Å². The summed E-state index contributed by atoms with van der Waals surface area (Å²) in [6.07, 6.45) is 2.93. The van der Waals surface area contributed by atoms with Gasteiger partial charge in [-0.25, -0.2) is 8.42 Å². The van der Waals surface area contributed by atoms with Crippen molar-refractivity contribution in [2.75, 3.05) is 0 Å². The fourth-order valence-electron chi connectivity index (χ4n) is 0.994. The first-order valence-electron chi connectivity index (χ1n) is 4.27. The molecule has 0 aliphatic carbocycles. The van der Waals surface area contributed by atoms with E-state index < -0.39 is 21.1 Å². The third-order valence-corrected chi connectivity index (χ3v) is 3.99. The SMILES string of the molecule is CC(C(=O)O)S(=O)(=O)Cc1cccnc1. The highest BCUT2D eigenvalue weighted by atomic mass is 32.2. The second-order valence-corrected chi connectivity index (χ2v) is 5.47. The van der Waals surface area contributed by atoms with Gasteiger partial charge in [0.15, 0.2) is 15.1 Å². The third-order valence-electron chi connectivity index (χ3n) is 1.98. The number of hydrogen-bond acceptors (Lipinski definition) is 4. The van der Waals surface area contributed by atoms with Gasteiger partial charge in [0, 0.05) is 12.4 Å². The molecule has 15 heavy (non-hydrogen) atoms. The largest absolute Gasteiger partial charge is 0.480 e. The van der Waals surface area contributed by atoms with Gasteiger partial charge < -0.3 is 5.11 Å². The summed E-state index contributed by atoms with van der Waals surface area (Å²) in [6.45, 7) is 1.16. The van der Waals surface area contributed by atoms with Crippen LogP contribution in [0.2, 0.25) is 0 Å². The van der Waals surface area contributed by atoms with Crippen molar-refractivity contribution in [1.82, 2.24) is 4.98 Å². The minimum Gasteiger partial charge on any atom is -0.480 e. The van der Waals surface area contributed by atoms with Crippen LogP contribution in [0.15, 0.2) is 24.5 Å². The van der Waals surface area contributed by atoms with E-state index in [0.717, 1.165) is 6.92 Å².